The monoisotopic (exact) mass is 225 g/mol. The fourth-order valence-electron chi connectivity index (χ4n) is 1.46. The lowest BCUT2D eigenvalue weighted by Gasteiger charge is -2.13. The van der Waals surface area contributed by atoms with Gasteiger partial charge in [0.15, 0.2) is 6.19 Å². The van der Waals surface area contributed by atoms with E-state index in [1.165, 1.54) is 24.2 Å². The summed E-state index contributed by atoms with van der Waals surface area (Å²) in [6.07, 6.45) is 8.86. The lowest BCUT2D eigenvalue weighted by molar-refractivity contribution is 0.506. The van der Waals surface area contributed by atoms with Crippen molar-refractivity contribution >= 4 is 5.96 Å². The maximum absolute atomic E-state index is 8.80. The van der Waals surface area contributed by atoms with Crippen LogP contribution in [0.5, 0.6) is 0 Å². The van der Waals surface area contributed by atoms with Crippen molar-refractivity contribution in [1.82, 2.24) is 4.90 Å². The molecule has 0 bridgehead atoms. The maximum atomic E-state index is 8.80. The molecule has 0 amide bonds. The number of unbranched alkanes of at least 4 members (excludes halogenated alkanes) is 5. The van der Waals surface area contributed by atoms with Gasteiger partial charge < -0.3 is 11.5 Å². The van der Waals surface area contributed by atoms with Crippen molar-refractivity contribution in [2.45, 2.75) is 38.5 Å². The van der Waals surface area contributed by atoms with Crippen molar-refractivity contribution in [3.63, 3.8) is 0 Å². The van der Waals surface area contributed by atoms with Crippen LogP contribution in [-0.2, 0) is 0 Å². The van der Waals surface area contributed by atoms with E-state index < -0.39 is 0 Å². The second kappa shape index (κ2) is 10.2. The van der Waals surface area contributed by atoms with Crippen LogP contribution in [0.4, 0.5) is 0 Å². The lowest BCUT2D eigenvalue weighted by Crippen LogP contribution is -2.34. The molecule has 0 atom stereocenters. The maximum Gasteiger partial charge on any atom is 0.204 e. The van der Waals surface area contributed by atoms with Crippen LogP contribution in [0.15, 0.2) is 4.99 Å². The van der Waals surface area contributed by atoms with Crippen molar-refractivity contribution in [1.29, 1.82) is 5.26 Å². The predicted octanol–water partition coefficient (Wildman–Crippen LogP) is 1.01. The van der Waals surface area contributed by atoms with Crippen molar-refractivity contribution in [2.75, 3.05) is 20.1 Å². The third-order valence-corrected chi connectivity index (χ3v) is 2.46. The van der Waals surface area contributed by atoms with E-state index in [0.29, 0.717) is 12.5 Å². The third-order valence-electron chi connectivity index (χ3n) is 2.46. The first kappa shape index (κ1) is 14.7. The normalized spacial score (nSPS) is 11.2. The van der Waals surface area contributed by atoms with Gasteiger partial charge in [0.1, 0.15) is 0 Å². The zero-order chi connectivity index (χ0) is 12.2. The summed E-state index contributed by atoms with van der Waals surface area (Å²) in [5, 5.41) is 8.80. The Balaban J connectivity index is 3.47. The standard InChI is InChI=1S/C11H23N5/c1-15-11(14)16(10-13)9-7-5-3-2-4-6-8-12/h2-9,12H2,1H3,(H2,14,15). The number of hydrogen-bond donors (Lipinski definition) is 2. The van der Waals surface area contributed by atoms with E-state index in [4.69, 9.17) is 16.7 Å². The van der Waals surface area contributed by atoms with Gasteiger partial charge in [-0.05, 0) is 19.4 Å². The summed E-state index contributed by atoms with van der Waals surface area (Å²) in [5.74, 6) is 0.297. The molecule has 0 unspecified atom stereocenters. The lowest BCUT2D eigenvalue weighted by atomic mass is 10.1. The van der Waals surface area contributed by atoms with Gasteiger partial charge in [-0.15, -0.1) is 0 Å². The van der Waals surface area contributed by atoms with Gasteiger partial charge in [0.05, 0.1) is 0 Å². The minimum atomic E-state index is 0.297. The quantitative estimate of drug-likeness (QED) is 0.212. The Labute approximate surface area is 98.1 Å². The Bertz CT molecular complexity index is 231. The molecular weight excluding hydrogens is 202 g/mol. The summed E-state index contributed by atoms with van der Waals surface area (Å²) in [4.78, 5) is 5.21. The van der Waals surface area contributed by atoms with Gasteiger partial charge in [0.25, 0.3) is 0 Å². The molecule has 0 spiro atoms. The summed E-state index contributed by atoms with van der Waals surface area (Å²) in [6, 6.07) is 0. The van der Waals surface area contributed by atoms with Crippen molar-refractivity contribution in [3.8, 4) is 6.19 Å². The van der Waals surface area contributed by atoms with Crippen molar-refractivity contribution in [3.05, 3.63) is 0 Å². The fourth-order valence-corrected chi connectivity index (χ4v) is 1.46. The Kier molecular flexibility index (Phi) is 9.43. The van der Waals surface area contributed by atoms with Crippen LogP contribution in [0.3, 0.4) is 0 Å². The van der Waals surface area contributed by atoms with Crippen LogP contribution in [-0.4, -0.2) is 31.0 Å². The molecule has 5 heteroatoms. The molecule has 0 aromatic rings. The number of nitrogens with zero attached hydrogens (tertiary/aromatic N) is 3. The molecule has 0 fully saturated rings. The van der Waals surface area contributed by atoms with E-state index in [9.17, 15) is 0 Å². The summed E-state index contributed by atoms with van der Waals surface area (Å²) >= 11 is 0. The molecule has 0 saturated heterocycles. The van der Waals surface area contributed by atoms with Gasteiger partial charge in [0.2, 0.25) is 5.96 Å². The third kappa shape index (κ3) is 7.07. The number of guanidine groups is 1. The first-order chi connectivity index (χ1) is 7.76. The molecule has 0 rings (SSSR count). The van der Waals surface area contributed by atoms with E-state index in [1.54, 1.807) is 7.05 Å². The Hall–Kier alpha value is -1.28. The van der Waals surface area contributed by atoms with Gasteiger partial charge in [0, 0.05) is 13.6 Å². The van der Waals surface area contributed by atoms with Gasteiger partial charge in [-0.25, -0.2) is 4.90 Å². The van der Waals surface area contributed by atoms with Gasteiger partial charge in [-0.2, -0.15) is 5.26 Å². The smallest absolute Gasteiger partial charge is 0.204 e. The minimum absolute atomic E-state index is 0.297. The molecule has 0 aliphatic heterocycles. The van der Waals surface area contributed by atoms with E-state index in [0.717, 1.165) is 25.8 Å². The van der Waals surface area contributed by atoms with Crippen LogP contribution in [0.25, 0.3) is 0 Å². The predicted molar refractivity (Wildman–Crippen MR) is 66.6 cm³/mol. The largest absolute Gasteiger partial charge is 0.369 e. The number of hydrogen-bond acceptors (Lipinski definition) is 3. The molecule has 16 heavy (non-hydrogen) atoms. The number of rotatable bonds is 8. The highest BCUT2D eigenvalue weighted by Gasteiger charge is 2.04. The van der Waals surface area contributed by atoms with Crippen LogP contribution < -0.4 is 11.5 Å². The molecular formula is C11H23N5. The molecule has 0 aromatic carbocycles. The second-order valence-corrected chi connectivity index (χ2v) is 3.74. The van der Waals surface area contributed by atoms with Crippen molar-refractivity contribution < 1.29 is 0 Å². The zero-order valence-corrected chi connectivity index (χ0v) is 10.2. The van der Waals surface area contributed by atoms with E-state index in [-0.39, 0.29) is 0 Å². The Morgan fingerprint density at radius 3 is 2.25 bits per heavy atom. The Morgan fingerprint density at radius 1 is 1.19 bits per heavy atom. The highest BCUT2D eigenvalue weighted by atomic mass is 15.2. The zero-order valence-electron chi connectivity index (χ0n) is 10.2. The molecule has 0 saturated carbocycles. The van der Waals surface area contributed by atoms with Gasteiger partial charge in [-0.1, -0.05) is 25.7 Å². The molecule has 4 N–H and O–H groups in total. The van der Waals surface area contributed by atoms with Crippen molar-refractivity contribution in [2.24, 2.45) is 16.5 Å². The van der Waals surface area contributed by atoms with Gasteiger partial charge >= 0.3 is 0 Å². The molecule has 0 radical (unpaired) electrons. The fraction of sp³-hybridized carbons (Fsp3) is 0.818. The van der Waals surface area contributed by atoms with Crippen LogP contribution >= 0.6 is 0 Å². The minimum Gasteiger partial charge on any atom is -0.369 e. The SMILES string of the molecule is CN=C(N)N(C#N)CCCCCCCCN. The first-order valence-corrected chi connectivity index (χ1v) is 5.85. The highest BCUT2D eigenvalue weighted by Crippen LogP contribution is 2.05. The second-order valence-electron chi connectivity index (χ2n) is 3.74. The van der Waals surface area contributed by atoms with Crippen LogP contribution in [0.1, 0.15) is 38.5 Å². The van der Waals surface area contributed by atoms with E-state index in [2.05, 4.69) is 4.99 Å². The number of nitriles is 1. The summed E-state index contributed by atoms with van der Waals surface area (Å²) in [7, 11) is 1.59. The number of aliphatic imine (C=N–C) groups is 1. The van der Waals surface area contributed by atoms with E-state index >= 15 is 0 Å². The van der Waals surface area contributed by atoms with Crippen LogP contribution in [0, 0.1) is 11.5 Å². The average Bonchev–Trinajstić information content (AvgIpc) is 2.32. The average molecular weight is 225 g/mol. The molecule has 0 heterocycles. The topological polar surface area (TPSA) is 91.4 Å². The molecule has 0 aliphatic rings. The molecule has 0 aromatic heterocycles. The summed E-state index contributed by atoms with van der Waals surface area (Å²) in [6.45, 7) is 1.45. The summed E-state index contributed by atoms with van der Waals surface area (Å²) < 4.78 is 0. The van der Waals surface area contributed by atoms with Crippen LogP contribution in [0.2, 0.25) is 0 Å². The Morgan fingerprint density at radius 2 is 1.75 bits per heavy atom. The summed E-state index contributed by atoms with van der Waals surface area (Å²) in [5.41, 5.74) is 11.0. The molecule has 92 valence electrons. The highest BCUT2D eigenvalue weighted by molar-refractivity contribution is 5.79. The molecule has 0 aliphatic carbocycles. The number of nitrogens with two attached hydrogens (primary N) is 2. The van der Waals surface area contributed by atoms with E-state index in [1.807, 2.05) is 6.19 Å². The first-order valence-electron chi connectivity index (χ1n) is 5.85. The molecule has 5 nitrogen and oxygen atoms in total. The van der Waals surface area contributed by atoms with Gasteiger partial charge in [-0.3, -0.25) is 4.99 Å².